The lowest BCUT2D eigenvalue weighted by Gasteiger charge is -2.26. The van der Waals surface area contributed by atoms with Gasteiger partial charge in [0.1, 0.15) is 35.3 Å². The summed E-state index contributed by atoms with van der Waals surface area (Å²) < 4.78 is 13.9. The molecule has 2 amide bonds. The van der Waals surface area contributed by atoms with E-state index in [1.807, 2.05) is 0 Å². The van der Waals surface area contributed by atoms with Crippen molar-refractivity contribution in [2.75, 3.05) is 11.4 Å². The van der Waals surface area contributed by atoms with Gasteiger partial charge in [0.05, 0.1) is 6.10 Å². The van der Waals surface area contributed by atoms with Crippen LogP contribution in [0.4, 0.5) is 10.2 Å². The number of nitrogens with zero attached hydrogens (tertiary/aromatic N) is 3. The molecule has 4 atom stereocenters. The fourth-order valence-corrected chi connectivity index (χ4v) is 3.79. The summed E-state index contributed by atoms with van der Waals surface area (Å²) in [4.78, 5) is 34.9. The molecule has 1 aromatic carbocycles. The third-order valence-electron chi connectivity index (χ3n) is 5.13. The lowest BCUT2D eigenvalue weighted by atomic mass is 10.1. The maximum atomic E-state index is 13.9. The van der Waals surface area contributed by atoms with Gasteiger partial charge in [-0.25, -0.2) is 14.4 Å². The molecule has 1 aliphatic rings. The van der Waals surface area contributed by atoms with E-state index in [9.17, 15) is 24.2 Å². The fourth-order valence-electron chi connectivity index (χ4n) is 3.79. The number of amides is 2. The van der Waals surface area contributed by atoms with Gasteiger partial charge in [0, 0.05) is 31.2 Å². The number of aliphatic hydroxyl groups excluding tert-OH is 1. The number of β-amino-alcohol motifs (C(OH)–C–C–N with tert-alkyl or cyclic N) is 1. The van der Waals surface area contributed by atoms with Crippen molar-refractivity contribution in [2.24, 2.45) is 0 Å². The van der Waals surface area contributed by atoms with Crippen molar-refractivity contribution in [3.05, 3.63) is 48.2 Å². The first-order valence-electron chi connectivity index (χ1n) is 10.1. The second-order valence-electron chi connectivity index (χ2n) is 7.78. The smallest absolute Gasteiger partial charge is 0.258 e. The molecule has 4 N–H and O–H groups in total. The summed E-state index contributed by atoms with van der Waals surface area (Å²) in [6.07, 6.45) is 2.97. The van der Waals surface area contributed by atoms with Crippen LogP contribution in [0, 0.1) is 5.82 Å². The number of phenols is 1. The zero-order valence-corrected chi connectivity index (χ0v) is 17.3. The van der Waals surface area contributed by atoms with E-state index in [-0.39, 0.29) is 18.4 Å². The number of nitrogens with one attached hydrogen (secondary N) is 2. The SMILES string of the molecule is CC(CC(C)NC(=O)C1CC(O)CN1c1ccncn1)NC(=O)c1c(O)cccc1F. The number of aromatic hydroxyl groups is 1. The van der Waals surface area contributed by atoms with Crippen LogP contribution in [0.5, 0.6) is 5.75 Å². The van der Waals surface area contributed by atoms with Crippen LogP contribution >= 0.6 is 0 Å². The van der Waals surface area contributed by atoms with Crippen LogP contribution in [0.15, 0.2) is 36.8 Å². The number of phenolic OH excluding ortho intramolecular Hbond substituents is 1. The molecule has 2 heterocycles. The lowest BCUT2D eigenvalue weighted by Crippen LogP contribution is -2.48. The van der Waals surface area contributed by atoms with E-state index in [1.54, 1.807) is 31.0 Å². The Morgan fingerprint density at radius 3 is 2.68 bits per heavy atom. The molecule has 31 heavy (non-hydrogen) atoms. The van der Waals surface area contributed by atoms with Gasteiger partial charge < -0.3 is 25.7 Å². The van der Waals surface area contributed by atoms with Gasteiger partial charge in [-0.3, -0.25) is 9.59 Å². The lowest BCUT2D eigenvalue weighted by molar-refractivity contribution is -0.123. The van der Waals surface area contributed by atoms with Crippen molar-refractivity contribution in [2.45, 2.75) is 50.9 Å². The van der Waals surface area contributed by atoms with E-state index >= 15 is 0 Å². The molecule has 0 aliphatic carbocycles. The Hall–Kier alpha value is -3.27. The van der Waals surface area contributed by atoms with Crippen LogP contribution in [0.25, 0.3) is 0 Å². The molecule has 10 heteroatoms. The molecule has 0 radical (unpaired) electrons. The molecule has 2 aromatic rings. The molecule has 1 fully saturated rings. The van der Waals surface area contributed by atoms with Crippen molar-refractivity contribution < 1.29 is 24.2 Å². The third-order valence-corrected chi connectivity index (χ3v) is 5.13. The molecule has 1 saturated heterocycles. The predicted octanol–water partition coefficient (Wildman–Crippen LogP) is 0.974. The van der Waals surface area contributed by atoms with Crippen molar-refractivity contribution in [3.8, 4) is 5.75 Å². The minimum atomic E-state index is -0.810. The largest absolute Gasteiger partial charge is 0.507 e. The molecular formula is C21H26FN5O4. The number of anilines is 1. The number of carbonyl (C=O) groups excluding carboxylic acids is 2. The molecule has 9 nitrogen and oxygen atoms in total. The second-order valence-corrected chi connectivity index (χ2v) is 7.78. The Morgan fingerprint density at radius 1 is 1.26 bits per heavy atom. The topological polar surface area (TPSA) is 128 Å². The monoisotopic (exact) mass is 431 g/mol. The normalized spacial score (nSPS) is 20.2. The summed E-state index contributed by atoms with van der Waals surface area (Å²) in [5.74, 6) is -1.67. The van der Waals surface area contributed by atoms with E-state index in [1.165, 1.54) is 18.5 Å². The van der Waals surface area contributed by atoms with Gasteiger partial charge in [0.2, 0.25) is 5.91 Å². The average Bonchev–Trinajstić information content (AvgIpc) is 3.10. The van der Waals surface area contributed by atoms with Crippen LogP contribution in [0.1, 0.15) is 37.0 Å². The second kappa shape index (κ2) is 9.69. The van der Waals surface area contributed by atoms with Gasteiger partial charge in [-0.2, -0.15) is 0 Å². The molecule has 4 unspecified atom stereocenters. The van der Waals surface area contributed by atoms with E-state index < -0.39 is 41.2 Å². The summed E-state index contributed by atoms with van der Waals surface area (Å²) >= 11 is 0. The standard InChI is InChI=1S/C21H26FN5O4/c1-12(8-13(2)26-21(31)19-15(22)4-3-5-17(19)29)25-20(30)16-9-14(28)10-27(16)18-6-7-23-11-24-18/h3-7,11-14,16,28-29H,8-10H2,1-2H3,(H,25,30)(H,26,31). The van der Waals surface area contributed by atoms with E-state index in [0.29, 0.717) is 18.8 Å². The van der Waals surface area contributed by atoms with Crippen LogP contribution in [-0.2, 0) is 4.79 Å². The summed E-state index contributed by atoms with van der Waals surface area (Å²) in [7, 11) is 0. The summed E-state index contributed by atoms with van der Waals surface area (Å²) in [6.45, 7) is 3.81. The van der Waals surface area contributed by atoms with Crippen molar-refractivity contribution in [1.82, 2.24) is 20.6 Å². The van der Waals surface area contributed by atoms with Crippen LogP contribution in [-0.4, -0.2) is 62.8 Å². The Labute approximate surface area is 179 Å². The number of rotatable bonds is 7. The molecule has 3 rings (SSSR count). The first kappa shape index (κ1) is 22.4. The Kier molecular flexibility index (Phi) is 7.01. The first-order valence-corrected chi connectivity index (χ1v) is 10.1. The number of aromatic nitrogens is 2. The highest BCUT2D eigenvalue weighted by atomic mass is 19.1. The van der Waals surface area contributed by atoms with Crippen LogP contribution in [0.3, 0.4) is 0 Å². The van der Waals surface area contributed by atoms with Gasteiger partial charge >= 0.3 is 0 Å². The molecule has 0 spiro atoms. The molecule has 1 aromatic heterocycles. The first-order chi connectivity index (χ1) is 14.8. The van der Waals surface area contributed by atoms with E-state index in [2.05, 4.69) is 20.6 Å². The van der Waals surface area contributed by atoms with Gasteiger partial charge in [-0.15, -0.1) is 0 Å². The number of benzene rings is 1. The zero-order chi connectivity index (χ0) is 22.5. The number of carbonyl (C=O) groups is 2. The Morgan fingerprint density at radius 2 is 2.00 bits per heavy atom. The zero-order valence-electron chi connectivity index (χ0n) is 17.3. The summed E-state index contributed by atoms with van der Waals surface area (Å²) in [5, 5.41) is 25.3. The minimum Gasteiger partial charge on any atom is -0.507 e. The number of aliphatic hydroxyl groups is 1. The van der Waals surface area contributed by atoms with Crippen LogP contribution in [0.2, 0.25) is 0 Å². The van der Waals surface area contributed by atoms with Crippen molar-refractivity contribution in [1.29, 1.82) is 0 Å². The van der Waals surface area contributed by atoms with Gasteiger partial charge in [-0.1, -0.05) is 6.07 Å². The van der Waals surface area contributed by atoms with Crippen molar-refractivity contribution >= 4 is 17.6 Å². The summed E-state index contributed by atoms with van der Waals surface area (Å²) in [6, 6.07) is 4.06. The molecule has 0 bridgehead atoms. The summed E-state index contributed by atoms with van der Waals surface area (Å²) in [5.41, 5.74) is -0.411. The minimum absolute atomic E-state index is 0.257. The highest BCUT2D eigenvalue weighted by molar-refractivity contribution is 5.97. The average molecular weight is 431 g/mol. The van der Waals surface area contributed by atoms with E-state index in [0.717, 1.165) is 6.07 Å². The number of halogens is 1. The number of hydrogen-bond donors (Lipinski definition) is 4. The fraction of sp³-hybridized carbons (Fsp3) is 0.429. The van der Waals surface area contributed by atoms with Gasteiger partial charge in [0.15, 0.2) is 0 Å². The highest BCUT2D eigenvalue weighted by Crippen LogP contribution is 2.24. The van der Waals surface area contributed by atoms with Gasteiger partial charge in [-0.05, 0) is 38.5 Å². The molecule has 0 saturated carbocycles. The van der Waals surface area contributed by atoms with Crippen molar-refractivity contribution in [3.63, 3.8) is 0 Å². The number of hydrogen-bond acceptors (Lipinski definition) is 7. The third kappa shape index (κ3) is 5.46. The predicted molar refractivity (Wildman–Crippen MR) is 111 cm³/mol. The molecular weight excluding hydrogens is 405 g/mol. The van der Waals surface area contributed by atoms with E-state index in [4.69, 9.17) is 0 Å². The maximum absolute atomic E-state index is 13.9. The highest BCUT2D eigenvalue weighted by Gasteiger charge is 2.37. The Bertz CT molecular complexity index is 909. The molecule has 1 aliphatic heterocycles. The Balaban J connectivity index is 1.56. The van der Waals surface area contributed by atoms with Crippen LogP contribution < -0.4 is 15.5 Å². The maximum Gasteiger partial charge on any atom is 0.258 e. The quantitative estimate of drug-likeness (QED) is 0.514. The molecule has 166 valence electrons. The van der Waals surface area contributed by atoms with Gasteiger partial charge in [0.25, 0.3) is 5.91 Å².